The smallest absolute Gasteiger partial charge is 0.416 e. The highest BCUT2D eigenvalue weighted by Crippen LogP contribution is 2.41. The van der Waals surface area contributed by atoms with Crippen molar-refractivity contribution in [2.24, 2.45) is 16.8 Å². The first-order valence-corrected chi connectivity index (χ1v) is 24.1. The molecule has 69 heavy (non-hydrogen) atoms. The predicted molar refractivity (Wildman–Crippen MR) is 257 cm³/mol. The molecule has 5 heterocycles. The molecule has 0 bridgehead atoms. The van der Waals surface area contributed by atoms with Gasteiger partial charge in [0.25, 0.3) is 23.6 Å². The summed E-state index contributed by atoms with van der Waals surface area (Å²) in [5, 5.41) is 15.0. The number of nitrogens with zero attached hydrogens (tertiary/aromatic N) is 5. The van der Waals surface area contributed by atoms with E-state index < -0.39 is 18.4 Å². The number of anilines is 2. The van der Waals surface area contributed by atoms with Crippen molar-refractivity contribution >= 4 is 58.8 Å². The second-order valence-electron chi connectivity index (χ2n) is 18.8. The van der Waals surface area contributed by atoms with Crippen molar-refractivity contribution in [1.82, 2.24) is 14.7 Å². The fourth-order valence-corrected chi connectivity index (χ4v) is 9.75. The first-order chi connectivity index (χ1) is 33.3. The highest BCUT2D eigenvalue weighted by Gasteiger charge is 2.47. The Hall–Kier alpha value is -6.75. The summed E-state index contributed by atoms with van der Waals surface area (Å²) in [6.45, 7) is 8.28. The van der Waals surface area contributed by atoms with Crippen molar-refractivity contribution in [2.75, 3.05) is 56.7 Å². The normalized spacial score (nSPS) is 21.4. The first-order valence-electron chi connectivity index (χ1n) is 24.1. The lowest BCUT2D eigenvalue weighted by molar-refractivity contribution is -0.136. The molecule has 0 saturated carbocycles. The van der Waals surface area contributed by atoms with Crippen LogP contribution in [0.25, 0.3) is 0 Å². The predicted octanol–water partition coefficient (Wildman–Crippen LogP) is 6.99. The number of imide groups is 1. The summed E-state index contributed by atoms with van der Waals surface area (Å²) >= 11 is 0. The fourth-order valence-electron chi connectivity index (χ4n) is 9.75. The molecular weight excluding hydrogens is 885 g/mol. The van der Waals surface area contributed by atoms with Gasteiger partial charge in [0.2, 0.25) is 0 Å². The molecular formula is C52H62N6O11. The Labute approximate surface area is 402 Å². The van der Waals surface area contributed by atoms with Crippen LogP contribution in [0.4, 0.5) is 21.9 Å². The number of unbranched alkanes of at least 4 members (excludes halogenated alkanes) is 4. The molecule has 3 aromatic carbocycles. The quantitative estimate of drug-likeness (QED) is 0.0872. The maximum Gasteiger partial charge on any atom is 0.416 e. The number of hydrogen-bond donors (Lipinski definition) is 2. The number of benzene rings is 3. The molecule has 8 rings (SSSR count). The number of methoxy groups -OCH3 is 1. The second kappa shape index (κ2) is 21.7. The molecule has 0 aliphatic carbocycles. The van der Waals surface area contributed by atoms with Crippen LogP contribution >= 0.6 is 0 Å². The molecule has 17 nitrogen and oxygen atoms in total. The lowest BCUT2D eigenvalue weighted by Gasteiger charge is -2.31. The summed E-state index contributed by atoms with van der Waals surface area (Å²) in [5.74, 6) is 1.13. The lowest BCUT2D eigenvalue weighted by atomic mass is 10.0. The van der Waals surface area contributed by atoms with Gasteiger partial charge in [-0.2, -0.15) is 0 Å². The zero-order valence-electron chi connectivity index (χ0n) is 39.8. The molecule has 5 atom stereocenters. The average Bonchev–Trinajstić information content (AvgIpc) is 3.99. The molecule has 2 fully saturated rings. The van der Waals surface area contributed by atoms with Gasteiger partial charge in [-0.1, -0.05) is 32.4 Å². The van der Waals surface area contributed by atoms with Gasteiger partial charge < -0.3 is 39.2 Å². The van der Waals surface area contributed by atoms with Crippen molar-refractivity contribution in [3.05, 3.63) is 82.9 Å². The van der Waals surface area contributed by atoms with Gasteiger partial charge in [-0.15, -0.1) is 0 Å². The molecule has 5 aliphatic heterocycles. The summed E-state index contributed by atoms with van der Waals surface area (Å²) < 4.78 is 23.8. The van der Waals surface area contributed by atoms with Crippen molar-refractivity contribution in [1.29, 1.82) is 0 Å². The van der Waals surface area contributed by atoms with Crippen LogP contribution in [0.3, 0.4) is 0 Å². The van der Waals surface area contributed by atoms with Crippen LogP contribution in [0.1, 0.15) is 103 Å². The van der Waals surface area contributed by atoms with E-state index >= 15 is 0 Å². The minimum absolute atomic E-state index is 0.0141. The Morgan fingerprint density at radius 2 is 1.46 bits per heavy atom. The number of ketones is 1. The molecule has 2 saturated heterocycles. The van der Waals surface area contributed by atoms with Crippen molar-refractivity contribution in [2.45, 2.75) is 103 Å². The number of nitrogens with one attached hydrogen (secondary N) is 1. The van der Waals surface area contributed by atoms with Gasteiger partial charge >= 0.3 is 6.09 Å². The minimum Gasteiger partial charge on any atom is -0.493 e. The average molecular weight is 947 g/mol. The number of aryl methyl sites for hydroxylation is 1. The Kier molecular flexibility index (Phi) is 15.3. The summed E-state index contributed by atoms with van der Waals surface area (Å²) in [6, 6.07) is 13.3. The number of amides is 5. The van der Waals surface area contributed by atoms with Gasteiger partial charge in [-0.25, -0.2) is 9.69 Å². The molecule has 5 aliphatic rings. The monoisotopic (exact) mass is 946 g/mol. The van der Waals surface area contributed by atoms with E-state index in [1.807, 2.05) is 25.0 Å². The van der Waals surface area contributed by atoms with E-state index in [1.54, 1.807) is 60.5 Å². The number of carbonyl (C=O) groups excluding carboxylic acids is 6. The molecule has 3 aromatic rings. The molecule has 0 radical (unpaired) electrons. The number of hydrogen-bond acceptors (Lipinski definition) is 13. The Bertz CT molecular complexity index is 2490. The Morgan fingerprint density at radius 1 is 0.783 bits per heavy atom. The number of Topliss-reactive ketones (excluding diaryl/α,β-unsaturated/α-hetero) is 1. The molecule has 2 N–H and O–H groups in total. The summed E-state index contributed by atoms with van der Waals surface area (Å²) in [7, 11) is 1.55. The summed E-state index contributed by atoms with van der Waals surface area (Å²) in [4.78, 5) is 87.9. The van der Waals surface area contributed by atoms with E-state index in [9.17, 15) is 33.9 Å². The topological polar surface area (TPSA) is 197 Å². The minimum atomic E-state index is -1.37. The van der Waals surface area contributed by atoms with Gasteiger partial charge in [0.1, 0.15) is 12.4 Å². The Balaban J connectivity index is 0.828. The van der Waals surface area contributed by atoms with E-state index in [1.165, 1.54) is 22.0 Å². The number of aliphatic hydroxyl groups is 1. The third-order valence-electron chi connectivity index (χ3n) is 13.5. The number of aliphatic imine (C=N–C) groups is 1. The van der Waals surface area contributed by atoms with Gasteiger partial charge in [0.05, 0.1) is 61.5 Å². The molecule has 0 spiro atoms. The molecule has 0 aromatic heterocycles. The van der Waals surface area contributed by atoms with Gasteiger partial charge in [-0.05, 0) is 99.1 Å². The summed E-state index contributed by atoms with van der Waals surface area (Å²) in [5.41, 5.74) is 3.66. The van der Waals surface area contributed by atoms with Gasteiger partial charge in [-0.3, -0.25) is 33.9 Å². The maximum absolute atomic E-state index is 14.0. The standard InChI is InChI=1S/C52H62N6O11/c1-32-21-37-27-54-41-25-46(45(66-4)24-39(41)49(62)56(37)29-32)68-20-10-6-9-19-67-44-26-42-40(23-34(44)3)50(63)57-30-33(2)22-43(57)51(64)58(42)52(65)69-31-35-12-14-36(15-13-35)53-28-38(59)11-7-5-8-18-55-47(60)16-17-48(55)61/h12-17,23-27,32-33,37,43,51,53,64H,5-11,18-22,28-31H2,1-4H3/t32?,33?,37-,43-,51-/m0/s1. The fraction of sp³-hybridized carbons (Fsp3) is 0.481. The second-order valence-corrected chi connectivity index (χ2v) is 18.8. The highest BCUT2D eigenvalue weighted by atomic mass is 16.6. The van der Waals surface area contributed by atoms with Gasteiger partial charge in [0.15, 0.2) is 23.5 Å². The SMILES string of the molecule is COc1cc2c(cc1OCCCCCOc1cc3c(cc1C)C(=O)N1CC(C)C[C@H]1[C@H](O)N3C(=O)OCc1ccc(NCC(=O)CCCCCN3C(=O)C=CC3=O)cc1)N=C[C@@H]1CC(C)CN1C2=O. The van der Waals surface area contributed by atoms with Crippen LogP contribution < -0.4 is 24.4 Å². The molecule has 5 amide bonds. The van der Waals surface area contributed by atoms with Crippen LogP contribution in [-0.2, 0) is 25.7 Å². The van der Waals surface area contributed by atoms with E-state index in [-0.39, 0.29) is 65.8 Å². The van der Waals surface area contributed by atoms with Crippen molar-refractivity contribution in [3.63, 3.8) is 0 Å². The molecule has 366 valence electrons. The van der Waals surface area contributed by atoms with E-state index in [0.29, 0.717) is 129 Å². The number of fused-ring (bicyclic) bond motifs is 4. The lowest BCUT2D eigenvalue weighted by Crippen LogP contribution is -2.50. The maximum atomic E-state index is 14.0. The first kappa shape index (κ1) is 48.7. The number of ether oxygens (including phenoxy) is 4. The number of aliphatic hydroxyl groups excluding tert-OH is 1. The molecule has 2 unspecified atom stereocenters. The van der Waals surface area contributed by atoms with Gasteiger partial charge in [0, 0.05) is 62.2 Å². The van der Waals surface area contributed by atoms with E-state index in [4.69, 9.17) is 18.9 Å². The van der Waals surface area contributed by atoms with E-state index in [2.05, 4.69) is 17.2 Å². The Morgan fingerprint density at radius 3 is 2.20 bits per heavy atom. The van der Waals surface area contributed by atoms with Crippen LogP contribution in [-0.4, -0.2) is 126 Å². The highest BCUT2D eigenvalue weighted by molar-refractivity contribution is 6.13. The third-order valence-corrected chi connectivity index (χ3v) is 13.5. The third kappa shape index (κ3) is 11.1. The van der Waals surface area contributed by atoms with Crippen LogP contribution in [0.15, 0.2) is 65.7 Å². The van der Waals surface area contributed by atoms with E-state index in [0.717, 1.165) is 12.8 Å². The number of carbonyl (C=O) groups is 6. The van der Waals surface area contributed by atoms with Crippen molar-refractivity contribution < 1.29 is 52.8 Å². The van der Waals surface area contributed by atoms with Crippen LogP contribution in [0.5, 0.6) is 17.2 Å². The molecule has 17 heteroatoms. The zero-order chi connectivity index (χ0) is 48.8. The summed E-state index contributed by atoms with van der Waals surface area (Å²) in [6.07, 6.45) is 8.17. The number of rotatable bonds is 20. The van der Waals surface area contributed by atoms with Crippen LogP contribution in [0.2, 0.25) is 0 Å². The zero-order valence-corrected chi connectivity index (χ0v) is 39.8. The van der Waals surface area contributed by atoms with Crippen molar-refractivity contribution in [3.8, 4) is 17.2 Å². The van der Waals surface area contributed by atoms with Crippen LogP contribution in [0, 0.1) is 18.8 Å². The largest absolute Gasteiger partial charge is 0.493 e.